The van der Waals surface area contributed by atoms with Crippen LogP contribution in [0.25, 0.3) is 0 Å². The van der Waals surface area contributed by atoms with Crippen LogP contribution in [-0.2, 0) is 16.1 Å². The normalized spacial score (nSPS) is 16.9. The molecule has 1 atom stereocenters. The van der Waals surface area contributed by atoms with Gasteiger partial charge in [0.25, 0.3) is 0 Å². The average molecular weight is 363 g/mol. The number of carbonyl (C=O) groups excluding carboxylic acids is 2. The molecule has 8 heteroatoms. The number of hydrogen-bond donors (Lipinski definition) is 2. The third-order valence-corrected chi connectivity index (χ3v) is 4.27. The highest BCUT2D eigenvalue weighted by Gasteiger charge is 2.35. The third-order valence-electron chi connectivity index (χ3n) is 3.95. The second-order valence-corrected chi connectivity index (χ2v) is 6.05. The van der Waals surface area contributed by atoms with Gasteiger partial charge in [-0.15, -0.1) is 0 Å². The standard InChI is InChI=1S/C17H15ClN2O5/c18-12-3-1-2-4-13(12)20-9-10(7-15(20)21)16(22)19-8-11-5-6-14(25-11)17(23)24/h1-6,10H,7-9H2,(H,19,22)(H,23,24)/t10-/m0/s1. The van der Waals surface area contributed by atoms with Gasteiger partial charge in [0.1, 0.15) is 5.76 Å². The van der Waals surface area contributed by atoms with Crippen molar-refractivity contribution in [2.45, 2.75) is 13.0 Å². The Labute approximate surface area is 148 Å². The number of nitrogens with one attached hydrogen (secondary N) is 1. The summed E-state index contributed by atoms with van der Waals surface area (Å²) in [5.74, 6) is -1.99. The van der Waals surface area contributed by atoms with Crippen LogP contribution in [-0.4, -0.2) is 29.4 Å². The molecule has 2 N–H and O–H groups in total. The number of halogens is 1. The number of nitrogens with zero attached hydrogens (tertiary/aromatic N) is 1. The van der Waals surface area contributed by atoms with Gasteiger partial charge in [0, 0.05) is 13.0 Å². The molecule has 0 saturated carbocycles. The summed E-state index contributed by atoms with van der Waals surface area (Å²) >= 11 is 6.11. The fourth-order valence-electron chi connectivity index (χ4n) is 2.69. The molecule has 1 saturated heterocycles. The maximum atomic E-state index is 12.3. The number of benzene rings is 1. The molecule has 2 heterocycles. The van der Waals surface area contributed by atoms with Crippen LogP contribution < -0.4 is 10.2 Å². The van der Waals surface area contributed by atoms with Gasteiger partial charge in [-0.1, -0.05) is 23.7 Å². The zero-order valence-corrected chi connectivity index (χ0v) is 13.8. The Bertz CT molecular complexity index is 832. The maximum absolute atomic E-state index is 12.3. The zero-order valence-electron chi connectivity index (χ0n) is 13.1. The first-order valence-corrected chi connectivity index (χ1v) is 7.98. The van der Waals surface area contributed by atoms with Crippen molar-refractivity contribution < 1.29 is 23.9 Å². The molecule has 7 nitrogen and oxygen atoms in total. The Balaban J connectivity index is 1.61. The van der Waals surface area contributed by atoms with E-state index in [9.17, 15) is 14.4 Å². The highest BCUT2D eigenvalue weighted by atomic mass is 35.5. The van der Waals surface area contributed by atoms with Gasteiger partial charge in [-0.25, -0.2) is 4.79 Å². The van der Waals surface area contributed by atoms with Crippen LogP contribution in [0.5, 0.6) is 0 Å². The minimum Gasteiger partial charge on any atom is -0.475 e. The van der Waals surface area contributed by atoms with Crippen LogP contribution in [0.2, 0.25) is 5.02 Å². The van der Waals surface area contributed by atoms with E-state index in [1.807, 2.05) is 0 Å². The molecule has 25 heavy (non-hydrogen) atoms. The van der Waals surface area contributed by atoms with Gasteiger partial charge in [0.15, 0.2) is 0 Å². The Morgan fingerprint density at radius 3 is 2.72 bits per heavy atom. The van der Waals surface area contributed by atoms with Crippen molar-refractivity contribution in [1.82, 2.24) is 5.32 Å². The van der Waals surface area contributed by atoms with Crippen LogP contribution >= 0.6 is 11.6 Å². The van der Waals surface area contributed by atoms with Gasteiger partial charge < -0.3 is 19.7 Å². The number of aromatic carboxylic acids is 1. The first-order valence-electron chi connectivity index (χ1n) is 7.60. The molecule has 0 unspecified atom stereocenters. The van der Waals surface area contributed by atoms with Crippen LogP contribution in [0.15, 0.2) is 40.8 Å². The molecule has 0 aliphatic carbocycles. The number of carboxylic acids is 1. The van der Waals surface area contributed by atoms with E-state index in [-0.39, 0.29) is 37.1 Å². The summed E-state index contributed by atoms with van der Waals surface area (Å²) in [5.41, 5.74) is 0.585. The predicted octanol–water partition coefficient (Wildman–Crippen LogP) is 2.30. The molecular formula is C17H15ClN2O5. The predicted molar refractivity (Wildman–Crippen MR) is 89.4 cm³/mol. The zero-order chi connectivity index (χ0) is 18.0. The van der Waals surface area contributed by atoms with E-state index in [0.29, 0.717) is 16.5 Å². The van der Waals surface area contributed by atoms with Crippen LogP contribution in [0.3, 0.4) is 0 Å². The number of furan rings is 1. The number of anilines is 1. The van der Waals surface area contributed by atoms with Gasteiger partial charge in [-0.3, -0.25) is 9.59 Å². The minimum absolute atomic E-state index is 0.0584. The molecule has 1 aliphatic heterocycles. The molecule has 1 aromatic carbocycles. The van der Waals surface area contributed by atoms with Gasteiger partial charge >= 0.3 is 5.97 Å². The smallest absolute Gasteiger partial charge is 0.371 e. The van der Waals surface area contributed by atoms with E-state index in [1.165, 1.54) is 17.0 Å². The van der Waals surface area contributed by atoms with E-state index in [2.05, 4.69) is 5.32 Å². The topological polar surface area (TPSA) is 99.8 Å². The van der Waals surface area contributed by atoms with Crippen LogP contribution in [0.1, 0.15) is 22.7 Å². The molecule has 130 valence electrons. The highest BCUT2D eigenvalue weighted by molar-refractivity contribution is 6.33. The van der Waals surface area contributed by atoms with Crippen molar-refractivity contribution in [3.8, 4) is 0 Å². The van der Waals surface area contributed by atoms with Gasteiger partial charge in [-0.2, -0.15) is 0 Å². The van der Waals surface area contributed by atoms with Crippen molar-refractivity contribution in [3.05, 3.63) is 52.9 Å². The lowest BCUT2D eigenvalue weighted by molar-refractivity contribution is -0.126. The Hall–Kier alpha value is -2.80. The van der Waals surface area contributed by atoms with Crippen molar-refractivity contribution in [1.29, 1.82) is 0 Å². The first-order chi connectivity index (χ1) is 12.0. The average Bonchev–Trinajstić information content (AvgIpc) is 3.20. The van der Waals surface area contributed by atoms with E-state index >= 15 is 0 Å². The second-order valence-electron chi connectivity index (χ2n) is 5.65. The summed E-state index contributed by atoms with van der Waals surface area (Å²) in [7, 11) is 0. The fraction of sp³-hybridized carbons (Fsp3) is 0.235. The van der Waals surface area contributed by atoms with E-state index in [0.717, 1.165) is 0 Å². The summed E-state index contributed by atoms with van der Waals surface area (Å²) < 4.78 is 5.08. The summed E-state index contributed by atoms with van der Waals surface area (Å²) in [4.78, 5) is 36.7. The van der Waals surface area contributed by atoms with E-state index < -0.39 is 11.9 Å². The number of hydrogen-bond acceptors (Lipinski definition) is 4. The van der Waals surface area contributed by atoms with Gasteiger partial charge in [0.05, 0.1) is 23.2 Å². The third kappa shape index (κ3) is 3.66. The second kappa shape index (κ2) is 6.98. The van der Waals surface area contributed by atoms with Crippen molar-refractivity contribution in [2.75, 3.05) is 11.4 Å². The number of carbonyl (C=O) groups is 3. The summed E-state index contributed by atoms with van der Waals surface area (Å²) in [5, 5.41) is 11.9. The van der Waals surface area contributed by atoms with Crippen molar-refractivity contribution >= 4 is 35.1 Å². The lowest BCUT2D eigenvalue weighted by Gasteiger charge is -2.17. The van der Waals surface area contributed by atoms with Gasteiger partial charge in [-0.05, 0) is 24.3 Å². The molecule has 0 radical (unpaired) electrons. The van der Waals surface area contributed by atoms with Gasteiger partial charge in [0.2, 0.25) is 17.6 Å². The van der Waals surface area contributed by atoms with E-state index in [1.54, 1.807) is 24.3 Å². The Morgan fingerprint density at radius 2 is 2.04 bits per heavy atom. The van der Waals surface area contributed by atoms with Crippen LogP contribution in [0.4, 0.5) is 5.69 Å². The largest absolute Gasteiger partial charge is 0.475 e. The molecule has 3 rings (SSSR count). The summed E-state index contributed by atoms with van der Waals surface area (Å²) in [6.45, 7) is 0.301. The van der Waals surface area contributed by atoms with Crippen molar-refractivity contribution in [2.24, 2.45) is 5.92 Å². The highest BCUT2D eigenvalue weighted by Crippen LogP contribution is 2.31. The molecule has 0 spiro atoms. The van der Waals surface area contributed by atoms with Crippen LogP contribution in [0, 0.1) is 5.92 Å². The number of carboxylic acid groups (broad SMARTS) is 1. The number of amides is 2. The number of rotatable bonds is 5. The molecular weight excluding hydrogens is 348 g/mol. The molecule has 1 fully saturated rings. The number of para-hydroxylation sites is 1. The maximum Gasteiger partial charge on any atom is 0.371 e. The Kier molecular flexibility index (Phi) is 4.76. The first kappa shape index (κ1) is 17.0. The monoisotopic (exact) mass is 362 g/mol. The quantitative estimate of drug-likeness (QED) is 0.850. The minimum atomic E-state index is -1.17. The SMILES string of the molecule is O=C(O)c1ccc(CNC(=O)[C@H]2CC(=O)N(c3ccccc3Cl)C2)o1. The summed E-state index contributed by atoms with van der Waals surface area (Å²) in [6.07, 6.45) is 0.0928. The molecule has 2 aromatic rings. The summed E-state index contributed by atoms with van der Waals surface area (Å²) in [6, 6.07) is 9.77. The molecule has 1 aliphatic rings. The van der Waals surface area contributed by atoms with Crippen molar-refractivity contribution in [3.63, 3.8) is 0 Å². The van der Waals surface area contributed by atoms with E-state index in [4.69, 9.17) is 21.1 Å². The molecule has 0 bridgehead atoms. The molecule has 1 aromatic heterocycles. The lowest BCUT2D eigenvalue weighted by atomic mass is 10.1. The lowest BCUT2D eigenvalue weighted by Crippen LogP contribution is -2.32. The molecule has 2 amide bonds. The Morgan fingerprint density at radius 1 is 1.28 bits per heavy atom. The fourth-order valence-corrected chi connectivity index (χ4v) is 2.93.